The molecule has 0 radical (unpaired) electrons. The van der Waals surface area contributed by atoms with Gasteiger partial charge in [-0.05, 0) is 42.8 Å². The first-order valence-corrected chi connectivity index (χ1v) is 8.23. The Balaban J connectivity index is 1.73. The molecule has 0 unspecified atom stereocenters. The Morgan fingerprint density at radius 2 is 2.06 bits per heavy atom. The van der Waals surface area contributed by atoms with E-state index >= 15 is 0 Å². The molecule has 1 aliphatic rings. The molecule has 1 nitrogen and oxygen atoms in total. The summed E-state index contributed by atoms with van der Waals surface area (Å²) in [5.41, 5.74) is 1.39. The van der Waals surface area contributed by atoms with E-state index in [1.807, 2.05) is 18.8 Å². The van der Waals surface area contributed by atoms with E-state index in [-0.39, 0.29) is 0 Å². The van der Waals surface area contributed by atoms with Crippen molar-refractivity contribution in [1.29, 1.82) is 0 Å². The van der Waals surface area contributed by atoms with Gasteiger partial charge in [0.1, 0.15) is 0 Å². The lowest BCUT2D eigenvalue weighted by Crippen LogP contribution is -2.07. The van der Waals surface area contributed by atoms with E-state index in [0.717, 1.165) is 12.5 Å². The van der Waals surface area contributed by atoms with Crippen molar-refractivity contribution in [3.05, 3.63) is 29.8 Å². The molecule has 0 aromatic heterocycles. The molecule has 1 N–H and O–H groups in total. The largest absolute Gasteiger partial charge is 0.316 e. The number of thioether (sulfide) groups is 1. The van der Waals surface area contributed by atoms with Crippen LogP contribution in [-0.4, -0.2) is 12.8 Å². The van der Waals surface area contributed by atoms with Crippen molar-refractivity contribution in [3.63, 3.8) is 0 Å². The highest BCUT2D eigenvalue weighted by molar-refractivity contribution is 7.99. The molecule has 100 valence electrons. The number of nitrogens with one attached hydrogen (secondary N) is 1. The van der Waals surface area contributed by atoms with Crippen LogP contribution in [0.1, 0.15) is 44.1 Å². The van der Waals surface area contributed by atoms with Crippen LogP contribution in [-0.2, 0) is 6.54 Å². The maximum Gasteiger partial charge on any atom is 0.0202 e. The molecule has 18 heavy (non-hydrogen) atoms. The molecular weight excluding hydrogens is 238 g/mol. The topological polar surface area (TPSA) is 12.0 Å². The van der Waals surface area contributed by atoms with Gasteiger partial charge in [-0.1, -0.05) is 44.2 Å². The monoisotopic (exact) mass is 263 g/mol. The van der Waals surface area contributed by atoms with E-state index in [1.165, 1.54) is 54.7 Å². The van der Waals surface area contributed by atoms with Crippen LogP contribution in [0, 0.1) is 5.92 Å². The van der Waals surface area contributed by atoms with Crippen molar-refractivity contribution >= 4 is 11.8 Å². The highest BCUT2D eigenvalue weighted by Gasteiger charge is 2.12. The summed E-state index contributed by atoms with van der Waals surface area (Å²) in [6.45, 7) is 0.969. The lowest BCUT2D eigenvalue weighted by atomic mass is 9.88. The second kappa shape index (κ2) is 7.85. The van der Waals surface area contributed by atoms with Crippen molar-refractivity contribution < 1.29 is 0 Å². The smallest absolute Gasteiger partial charge is 0.0202 e. The lowest BCUT2D eigenvalue weighted by molar-refractivity contribution is 0.351. The van der Waals surface area contributed by atoms with Gasteiger partial charge in [-0.3, -0.25) is 0 Å². The fourth-order valence-electron chi connectivity index (χ4n) is 2.77. The molecule has 2 rings (SSSR count). The minimum atomic E-state index is 0.969. The van der Waals surface area contributed by atoms with Crippen molar-refractivity contribution in [2.45, 2.75) is 50.0 Å². The van der Waals surface area contributed by atoms with Gasteiger partial charge in [0.2, 0.25) is 0 Å². The third kappa shape index (κ3) is 4.66. The Kier molecular flexibility index (Phi) is 6.09. The average Bonchev–Trinajstić information content (AvgIpc) is 2.41. The van der Waals surface area contributed by atoms with Crippen LogP contribution in [0.25, 0.3) is 0 Å². The van der Waals surface area contributed by atoms with Crippen LogP contribution < -0.4 is 5.32 Å². The van der Waals surface area contributed by atoms with Crippen LogP contribution in [0.3, 0.4) is 0 Å². The van der Waals surface area contributed by atoms with Gasteiger partial charge >= 0.3 is 0 Å². The van der Waals surface area contributed by atoms with E-state index in [4.69, 9.17) is 0 Å². The summed E-state index contributed by atoms with van der Waals surface area (Å²) in [4.78, 5) is 1.43. The fourth-order valence-corrected chi connectivity index (χ4v) is 3.87. The van der Waals surface area contributed by atoms with E-state index in [1.54, 1.807) is 0 Å². The van der Waals surface area contributed by atoms with Crippen LogP contribution in [0.5, 0.6) is 0 Å². The predicted molar refractivity (Wildman–Crippen MR) is 81.1 cm³/mol. The lowest BCUT2D eigenvalue weighted by Gasteiger charge is -2.21. The Morgan fingerprint density at radius 3 is 2.83 bits per heavy atom. The van der Waals surface area contributed by atoms with Crippen molar-refractivity contribution in [1.82, 2.24) is 5.32 Å². The second-order valence-corrected chi connectivity index (χ2v) is 6.49. The van der Waals surface area contributed by atoms with Crippen molar-refractivity contribution in [2.24, 2.45) is 5.92 Å². The molecule has 0 bridgehead atoms. The first-order chi connectivity index (χ1) is 8.88. The zero-order valence-corrected chi connectivity index (χ0v) is 12.3. The summed E-state index contributed by atoms with van der Waals surface area (Å²) in [7, 11) is 2.00. The number of benzene rings is 1. The molecule has 0 spiro atoms. The van der Waals surface area contributed by atoms with Gasteiger partial charge in [-0.15, -0.1) is 11.8 Å². The number of hydrogen-bond acceptors (Lipinski definition) is 2. The maximum atomic E-state index is 3.21. The maximum absolute atomic E-state index is 3.21. The summed E-state index contributed by atoms with van der Waals surface area (Å²) in [6.07, 6.45) is 8.75. The molecule has 1 aromatic rings. The minimum absolute atomic E-state index is 0.969. The Labute approximate surface area is 116 Å². The summed E-state index contributed by atoms with van der Waals surface area (Å²) in [5, 5.41) is 3.21. The highest BCUT2D eigenvalue weighted by Crippen LogP contribution is 2.29. The molecule has 0 amide bonds. The molecule has 1 saturated carbocycles. The van der Waals surface area contributed by atoms with Gasteiger partial charge in [0.05, 0.1) is 0 Å². The first kappa shape index (κ1) is 14.0. The van der Waals surface area contributed by atoms with Crippen LogP contribution in [0.4, 0.5) is 0 Å². The third-order valence-electron chi connectivity index (χ3n) is 3.80. The zero-order valence-electron chi connectivity index (χ0n) is 11.5. The van der Waals surface area contributed by atoms with E-state index in [2.05, 4.69) is 29.6 Å². The highest BCUT2D eigenvalue weighted by atomic mass is 32.2. The number of rotatable bonds is 6. The Bertz CT molecular complexity index is 345. The van der Waals surface area contributed by atoms with Gasteiger partial charge in [0.15, 0.2) is 0 Å². The summed E-state index contributed by atoms with van der Waals surface area (Å²) in [6, 6.07) is 8.93. The molecule has 0 aliphatic heterocycles. The summed E-state index contributed by atoms with van der Waals surface area (Å²) in [5.74, 6) is 2.29. The van der Waals surface area contributed by atoms with Gasteiger partial charge in [-0.2, -0.15) is 0 Å². The van der Waals surface area contributed by atoms with Crippen LogP contribution >= 0.6 is 11.8 Å². The van der Waals surface area contributed by atoms with E-state index in [0.29, 0.717) is 0 Å². The molecule has 0 saturated heterocycles. The minimum Gasteiger partial charge on any atom is -0.316 e. The molecule has 0 atom stereocenters. The molecule has 0 heterocycles. The SMILES string of the molecule is CNCc1cccc(SCCC2CCCCC2)c1. The standard InChI is InChI=1S/C16H25NS/c1-17-13-15-8-5-9-16(12-15)18-11-10-14-6-3-2-4-7-14/h5,8-9,12,14,17H,2-4,6-7,10-11,13H2,1H3. The molecule has 1 aromatic carbocycles. The van der Waals surface area contributed by atoms with Gasteiger partial charge in [0, 0.05) is 11.4 Å². The van der Waals surface area contributed by atoms with Gasteiger partial charge < -0.3 is 5.32 Å². The zero-order chi connectivity index (χ0) is 12.6. The average molecular weight is 263 g/mol. The summed E-state index contributed by atoms with van der Waals surface area (Å²) < 4.78 is 0. The fraction of sp³-hybridized carbons (Fsp3) is 0.625. The van der Waals surface area contributed by atoms with Crippen LogP contribution in [0.2, 0.25) is 0 Å². The van der Waals surface area contributed by atoms with E-state index in [9.17, 15) is 0 Å². The quantitative estimate of drug-likeness (QED) is 0.760. The van der Waals surface area contributed by atoms with Crippen molar-refractivity contribution in [2.75, 3.05) is 12.8 Å². The van der Waals surface area contributed by atoms with Gasteiger partial charge in [0.25, 0.3) is 0 Å². The third-order valence-corrected chi connectivity index (χ3v) is 4.83. The normalized spacial score (nSPS) is 16.9. The first-order valence-electron chi connectivity index (χ1n) is 7.25. The predicted octanol–water partition coefficient (Wildman–Crippen LogP) is 4.47. The molecule has 2 heteroatoms. The molecule has 1 fully saturated rings. The van der Waals surface area contributed by atoms with Gasteiger partial charge in [-0.25, -0.2) is 0 Å². The Hall–Kier alpha value is -0.470. The van der Waals surface area contributed by atoms with Crippen LogP contribution in [0.15, 0.2) is 29.2 Å². The summed E-state index contributed by atoms with van der Waals surface area (Å²) >= 11 is 2.03. The van der Waals surface area contributed by atoms with Crippen molar-refractivity contribution in [3.8, 4) is 0 Å². The second-order valence-electron chi connectivity index (χ2n) is 5.32. The number of hydrogen-bond donors (Lipinski definition) is 1. The molecular formula is C16H25NS. The Morgan fingerprint density at radius 1 is 1.22 bits per heavy atom. The molecule has 1 aliphatic carbocycles. The van der Waals surface area contributed by atoms with E-state index < -0.39 is 0 Å².